The monoisotopic (exact) mass is 284 g/mol. The Labute approximate surface area is 114 Å². The predicted octanol–water partition coefficient (Wildman–Crippen LogP) is 0.255. The van der Waals surface area contributed by atoms with Crippen LogP contribution >= 0.6 is 0 Å². The van der Waals surface area contributed by atoms with Gasteiger partial charge in [0, 0.05) is 26.2 Å². The van der Waals surface area contributed by atoms with Crippen molar-refractivity contribution in [2.24, 2.45) is 5.73 Å². The summed E-state index contributed by atoms with van der Waals surface area (Å²) in [5.74, 6) is 1.33. The Balaban J connectivity index is 1.74. The van der Waals surface area contributed by atoms with Crippen molar-refractivity contribution in [3.05, 3.63) is 29.8 Å². The zero-order chi connectivity index (χ0) is 13.7. The molecule has 0 amide bonds. The van der Waals surface area contributed by atoms with E-state index in [2.05, 4.69) is 4.90 Å². The lowest BCUT2D eigenvalue weighted by Gasteiger charge is -2.26. The van der Waals surface area contributed by atoms with E-state index in [0.29, 0.717) is 26.2 Å². The van der Waals surface area contributed by atoms with E-state index in [4.69, 9.17) is 10.5 Å². The normalized spacial score (nSPS) is 19.2. The van der Waals surface area contributed by atoms with Crippen LogP contribution in [-0.4, -0.2) is 51.1 Å². The zero-order valence-corrected chi connectivity index (χ0v) is 11.7. The van der Waals surface area contributed by atoms with Crippen molar-refractivity contribution in [3.63, 3.8) is 0 Å². The second-order valence-corrected chi connectivity index (χ2v) is 7.00. The van der Waals surface area contributed by atoms with Crippen LogP contribution in [0, 0.1) is 0 Å². The molecule has 19 heavy (non-hydrogen) atoms. The summed E-state index contributed by atoms with van der Waals surface area (Å²) in [5, 5.41) is 0. The summed E-state index contributed by atoms with van der Waals surface area (Å²) in [4.78, 5) is 2.12. The van der Waals surface area contributed by atoms with Gasteiger partial charge >= 0.3 is 0 Å². The third-order valence-electron chi connectivity index (χ3n) is 3.25. The summed E-state index contributed by atoms with van der Waals surface area (Å²) in [5.41, 5.74) is 6.61. The molecule has 1 saturated heterocycles. The lowest BCUT2D eigenvalue weighted by molar-refractivity contribution is 0.219. The predicted molar refractivity (Wildman–Crippen MR) is 74.9 cm³/mol. The van der Waals surface area contributed by atoms with E-state index < -0.39 is 9.84 Å². The van der Waals surface area contributed by atoms with Gasteiger partial charge in [0.1, 0.15) is 12.4 Å². The van der Waals surface area contributed by atoms with Gasteiger partial charge in [-0.15, -0.1) is 0 Å². The molecule has 5 nitrogen and oxygen atoms in total. The molecular weight excluding hydrogens is 264 g/mol. The average Bonchev–Trinajstić information content (AvgIpc) is 2.41. The Bertz CT molecular complexity index is 502. The molecule has 6 heteroatoms. The van der Waals surface area contributed by atoms with Crippen LogP contribution in [0.5, 0.6) is 5.75 Å². The van der Waals surface area contributed by atoms with E-state index in [1.165, 1.54) is 0 Å². The highest BCUT2D eigenvalue weighted by molar-refractivity contribution is 7.91. The van der Waals surface area contributed by atoms with E-state index in [1.54, 1.807) is 0 Å². The first kappa shape index (κ1) is 14.3. The third-order valence-corrected chi connectivity index (χ3v) is 4.86. The first-order chi connectivity index (χ1) is 9.09. The number of nitrogens with zero attached hydrogens (tertiary/aromatic N) is 1. The quantitative estimate of drug-likeness (QED) is 0.839. The van der Waals surface area contributed by atoms with Gasteiger partial charge in [0.15, 0.2) is 9.84 Å². The van der Waals surface area contributed by atoms with Gasteiger partial charge in [-0.05, 0) is 17.7 Å². The van der Waals surface area contributed by atoms with Gasteiger partial charge < -0.3 is 10.5 Å². The highest BCUT2D eigenvalue weighted by Gasteiger charge is 2.20. The number of sulfone groups is 1. The van der Waals surface area contributed by atoms with Crippen LogP contribution in [0.2, 0.25) is 0 Å². The fourth-order valence-corrected chi connectivity index (χ4v) is 3.31. The van der Waals surface area contributed by atoms with Gasteiger partial charge in [0.05, 0.1) is 11.5 Å². The summed E-state index contributed by atoms with van der Waals surface area (Å²) in [7, 11) is -2.80. The SMILES string of the molecule is NCc1cccc(OCCN2CCS(=O)(=O)CC2)c1. The van der Waals surface area contributed by atoms with E-state index in [1.807, 2.05) is 24.3 Å². The van der Waals surface area contributed by atoms with Gasteiger partial charge in [-0.3, -0.25) is 4.90 Å². The molecule has 1 fully saturated rings. The highest BCUT2D eigenvalue weighted by atomic mass is 32.2. The Kier molecular flexibility index (Phi) is 4.79. The molecule has 0 aliphatic carbocycles. The van der Waals surface area contributed by atoms with Crippen LogP contribution in [0.25, 0.3) is 0 Å². The Morgan fingerprint density at radius 2 is 2.00 bits per heavy atom. The fraction of sp³-hybridized carbons (Fsp3) is 0.538. The van der Waals surface area contributed by atoms with E-state index in [-0.39, 0.29) is 11.5 Å². The standard InChI is InChI=1S/C13H20N2O3S/c14-11-12-2-1-3-13(10-12)18-7-4-15-5-8-19(16,17)9-6-15/h1-3,10H,4-9,11,14H2. The molecule has 1 heterocycles. The minimum absolute atomic E-state index is 0.260. The van der Waals surface area contributed by atoms with Crippen molar-refractivity contribution < 1.29 is 13.2 Å². The molecule has 2 rings (SSSR count). The molecule has 1 aromatic rings. The van der Waals surface area contributed by atoms with Crippen LogP contribution in [0.15, 0.2) is 24.3 Å². The molecule has 0 atom stereocenters. The molecule has 1 aliphatic rings. The van der Waals surface area contributed by atoms with Crippen molar-refractivity contribution in [1.29, 1.82) is 0 Å². The van der Waals surface area contributed by atoms with Crippen LogP contribution in [0.3, 0.4) is 0 Å². The van der Waals surface area contributed by atoms with Crippen molar-refractivity contribution in [3.8, 4) is 5.75 Å². The van der Waals surface area contributed by atoms with Crippen LogP contribution in [0.1, 0.15) is 5.56 Å². The van der Waals surface area contributed by atoms with E-state index in [9.17, 15) is 8.42 Å². The second kappa shape index (κ2) is 6.36. The minimum atomic E-state index is -2.80. The maximum atomic E-state index is 11.3. The van der Waals surface area contributed by atoms with Gasteiger partial charge in [0.2, 0.25) is 0 Å². The third kappa shape index (κ3) is 4.49. The van der Waals surface area contributed by atoms with Crippen LogP contribution < -0.4 is 10.5 Å². The molecular formula is C13H20N2O3S. The topological polar surface area (TPSA) is 72.6 Å². The smallest absolute Gasteiger partial charge is 0.152 e. The first-order valence-electron chi connectivity index (χ1n) is 6.44. The maximum Gasteiger partial charge on any atom is 0.152 e. The molecule has 0 radical (unpaired) electrons. The maximum absolute atomic E-state index is 11.3. The van der Waals surface area contributed by atoms with Gasteiger partial charge in [0.25, 0.3) is 0 Å². The van der Waals surface area contributed by atoms with Crippen LogP contribution in [-0.2, 0) is 16.4 Å². The molecule has 106 valence electrons. The number of benzene rings is 1. The lowest BCUT2D eigenvalue weighted by Crippen LogP contribution is -2.42. The Morgan fingerprint density at radius 1 is 1.26 bits per heavy atom. The number of hydrogen-bond donors (Lipinski definition) is 1. The first-order valence-corrected chi connectivity index (χ1v) is 8.26. The molecule has 1 aliphatic heterocycles. The molecule has 2 N–H and O–H groups in total. The van der Waals surface area contributed by atoms with Crippen LogP contribution in [0.4, 0.5) is 0 Å². The summed E-state index contributed by atoms with van der Waals surface area (Å²) in [6.45, 7) is 3.03. The lowest BCUT2D eigenvalue weighted by atomic mass is 10.2. The van der Waals surface area contributed by atoms with Gasteiger partial charge in [-0.25, -0.2) is 8.42 Å². The number of nitrogens with two attached hydrogens (primary N) is 1. The Morgan fingerprint density at radius 3 is 2.68 bits per heavy atom. The summed E-state index contributed by atoms with van der Waals surface area (Å²) >= 11 is 0. The van der Waals surface area contributed by atoms with Crippen molar-refractivity contribution in [2.45, 2.75) is 6.54 Å². The fourth-order valence-electron chi connectivity index (χ4n) is 2.03. The van der Waals surface area contributed by atoms with E-state index in [0.717, 1.165) is 17.9 Å². The zero-order valence-electron chi connectivity index (χ0n) is 10.9. The molecule has 0 aromatic heterocycles. The molecule has 0 bridgehead atoms. The molecule has 0 saturated carbocycles. The highest BCUT2D eigenvalue weighted by Crippen LogP contribution is 2.13. The van der Waals surface area contributed by atoms with Gasteiger partial charge in [-0.1, -0.05) is 12.1 Å². The number of rotatable bonds is 5. The summed E-state index contributed by atoms with van der Waals surface area (Å²) in [6, 6.07) is 7.72. The summed E-state index contributed by atoms with van der Waals surface area (Å²) in [6.07, 6.45) is 0. The second-order valence-electron chi connectivity index (χ2n) is 4.69. The molecule has 0 spiro atoms. The van der Waals surface area contributed by atoms with Crippen molar-refractivity contribution in [2.75, 3.05) is 37.7 Å². The van der Waals surface area contributed by atoms with Crippen molar-refractivity contribution >= 4 is 9.84 Å². The van der Waals surface area contributed by atoms with Crippen molar-refractivity contribution in [1.82, 2.24) is 4.90 Å². The minimum Gasteiger partial charge on any atom is -0.492 e. The van der Waals surface area contributed by atoms with Gasteiger partial charge in [-0.2, -0.15) is 0 Å². The average molecular weight is 284 g/mol. The largest absolute Gasteiger partial charge is 0.492 e. The Hall–Kier alpha value is -1.11. The molecule has 1 aromatic carbocycles. The summed E-state index contributed by atoms with van der Waals surface area (Å²) < 4.78 is 28.2. The number of ether oxygens (including phenoxy) is 1. The molecule has 0 unspecified atom stereocenters. The van der Waals surface area contributed by atoms with E-state index >= 15 is 0 Å². The number of hydrogen-bond acceptors (Lipinski definition) is 5.